The molecule has 0 aliphatic rings. The summed E-state index contributed by atoms with van der Waals surface area (Å²) in [5.41, 5.74) is 1.55. The first-order valence-electron chi connectivity index (χ1n) is 6.59. The third-order valence-electron chi connectivity index (χ3n) is 3.24. The van der Waals surface area contributed by atoms with Crippen LogP contribution in [0, 0.1) is 6.92 Å². The Bertz CT molecular complexity index is 1010. The smallest absolute Gasteiger partial charge is 0.258 e. The Morgan fingerprint density at radius 2 is 1.91 bits per heavy atom. The summed E-state index contributed by atoms with van der Waals surface area (Å²) in [6, 6.07) is 11.0. The number of aryl methyl sites for hydroxylation is 1. The Morgan fingerprint density at radius 1 is 1.17 bits per heavy atom. The van der Waals surface area contributed by atoms with Gasteiger partial charge in [-0.1, -0.05) is 35.6 Å². The lowest BCUT2D eigenvalue weighted by atomic mass is 10.2. The fraction of sp³-hybridized carbons (Fsp3) is 0.0667. The van der Waals surface area contributed by atoms with Gasteiger partial charge >= 0.3 is 0 Å². The predicted molar refractivity (Wildman–Crippen MR) is 86.7 cm³/mol. The number of aromatic nitrogens is 1. The highest BCUT2D eigenvalue weighted by molar-refractivity contribution is 7.85. The van der Waals surface area contributed by atoms with E-state index in [1.807, 2.05) is 25.1 Å². The van der Waals surface area contributed by atoms with E-state index < -0.39 is 20.9 Å². The number of carbonyl (C=O) groups is 1. The molecule has 0 aliphatic carbocycles. The lowest BCUT2D eigenvalue weighted by Gasteiger charge is -2.11. The topological polar surface area (TPSA) is 99.2 Å². The van der Waals surface area contributed by atoms with Gasteiger partial charge in [-0.2, -0.15) is 0 Å². The zero-order chi connectivity index (χ0) is 16.6. The van der Waals surface area contributed by atoms with Gasteiger partial charge in [0.25, 0.3) is 5.91 Å². The quantitative estimate of drug-likeness (QED) is 0.734. The summed E-state index contributed by atoms with van der Waals surface area (Å²) in [5.74, 6) is -0.684. The molecule has 1 N–H and O–H groups in total. The molecule has 0 aliphatic heterocycles. The number of hydrogen-bond donors (Lipinski definition) is 1. The fourth-order valence-electron chi connectivity index (χ4n) is 2.18. The highest BCUT2D eigenvalue weighted by atomic mass is 32.2. The fourth-order valence-corrected chi connectivity index (χ4v) is 3.79. The van der Waals surface area contributed by atoms with Crippen LogP contribution in [0.4, 0.5) is 5.13 Å². The number of anilines is 1. The van der Waals surface area contributed by atoms with Crippen LogP contribution in [-0.2, 0) is 10.1 Å². The number of benzene rings is 2. The van der Waals surface area contributed by atoms with Crippen LogP contribution in [0.15, 0.2) is 47.4 Å². The van der Waals surface area contributed by atoms with Crippen molar-refractivity contribution in [3.05, 3.63) is 53.6 Å². The second kappa shape index (κ2) is 5.73. The van der Waals surface area contributed by atoms with Gasteiger partial charge in [0, 0.05) is 0 Å². The van der Waals surface area contributed by atoms with Crippen LogP contribution >= 0.6 is 11.3 Å². The third kappa shape index (κ3) is 3.09. The van der Waals surface area contributed by atoms with Crippen molar-refractivity contribution < 1.29 is 17.8 Å². The molecule has 0 bridgehead atoms. The van der Waals surface area contributed by atoms with Crippen LogP contribution in [0.5, 0.6) is 0 Å². The minimum atomic E-state index is -4.73. The zero-order valence-corrected chi connectivity index (χ0v) is 13.6. The van der Waals surface area contributed by atoms with Gasteiger partial charge in [-0.05, 0) is 30.7 Å². The lowest BCUT2D eigenvalue weighted by molar-refractivity contribution is 0.102. The highest BCUT2D eigenvalue weighted by Crippen LogP contribution is 2.28. The molecule has 0 unspecified atom stereocenters. The predicted octanol–water partition coefficient (Wildman–Crippen LogP) is 2.76. The van der Waals surface area contributed by atoms with Gasteiger partial charge in [-0.3, -0.25) is 10.1 Å². The lowest BCUT2D eigenvalue weighted by Crippen LogP contribution is -2.16. The van der Waals surface area contributed by atoms with Crippen molar-refractivity contribution in [2.24, 2.45) is 0 Å². The maximum Gasteiger partial charge on any atom is 0.258 e. The molecule has 1 amide bonds. The molecule has 3 aromatic rings. The first kappa shape index (κ1) is 15.6. The van der Waals surface area contributed by atoms with Crippen molar-refractivity contribution in [3.8, 4) is 0 Å². The molecule has 8 heteroatoms. The summed E-state index contributed by atoms with van der Waals surface area (Å²) < 4.78 is 34.7. The number of rotatable bonds is 3. The van der Waals surface area contributed by atoms with E-state index in [0.29, 0.717) is 5.13 Å². The van der Waals surface area contributed by atoms with E-state index in [2.05, 4.69) is 10.3 Å². The van der Waals surface area contributed by atoms with Gasteiger partial charge in [0.05, 0.1) is 20.7 Å². The van der Waals surface area contributed by atoms with Crippen LogP contribution in [0.1, 0.15) is 15.9 Å². The first-order valence-corrected chi connectivity index (χ1v) is 8.81. The van der Waals surface area contributed by atoms with Crippen molar-refractivity contribution in [1.82, 2.24) is 4.98 Å². The summed E-state index contributed by atoms with van der Waals surface area (Å²) >= 11 is 1.28. The standard InChI is InChI=1S/C15H12N2O4S2/c1-9-5-4-7-11-13(9)16-15(22-11)17-14(18)10-6-2-3-8-12(10)23(19,20)21/h2-8H,1H3,(H,16,17,18)(H,19,20,21)/p-1. The van der Waals surface area contributed by atoms with Gasteiger partial charge in [0.2, 0.25) is 0 Å². The average Bonchev–Trinajstić information content (AvgIpc) is 2.90. The second-order valence-corrected chi connectivity index (χ2v) is 7.22. The Hall–Kier alpha value is -2.29. The molecular weight excluding hydrogens is 336 g/mol. The minimum absolute atomic E-state index is 0.196. The van der Waals surface area contributed by atoms with Crippen molar-refractivity contribution in [2.45, 2.75) is 11.8 Å². The molecule has 1 aromatic heterocycles. The van der Waals surface area contributed by atoms with Crippen molar-refractivity contribution >= 4 is 42.7 Å². The second-order valence-electron chi connectivity index (χ2n) is 4.85. The molecule has 3 rings (SSSR count). The van der Waals surface area contributed by atoms with Gasteiger partial charge in [0.15, 0.2) is 5.13 Å². The molecule has 6 nitrogen and oxygen atoms in total. The maximum absolute atomic E-state index is 12.3. The SMILES string of the molecule is Cc1cccc2sc(NC(=O)c3ccccc3S(=O)(=O)[O-])nc12. The minimum Gasteiger partial charge on any atom is -0.744 e. The molecule has 23 heavy (non-hydrogen) atoms. The number of nitrogens with zero attached hydrogens (tertiary/aromatic N) is 1. The molecule has 0 fully saturated rings. The monoisotopic (exact) mass is 347 g/mol. The molecule has 0 spiro atoms. The maximum atomic E-state index is 12.3. The zero-order valence-electron chi connectivity index (χ0n) is 11.9. The third-order valence-corrected chi connectivity index (χ3v) is 5.07. The molecule has 0 saturated carbocycles. The Labute approximate surface area is 136 Å². The number of hydrogen-bond acceptors (Lipinski definition) is 6. The molecule has 118 valence electrons. The number of fused-ring (bicyclic) bond motifs is 1. The van der Waals surface area contributed by atoms with Crippen LogP contribution in [-0.4, -0.2) is 23.9 Å². The van der Waals surface area contributed by atoms with E-state index in [1.165, 1.54) is 29.5 Å². The van der Waals surface area contributed by atoms with Gasteiger partial charge in [-0.25, -0.2) is 13.4 Å². The molecule has 2 aromatic carbocycles. The summed E-state index contributed by atoms with van der Waals surface area (Å²) in [4.78, 5) is 16.1. The van der Waals surface area contributed by atoms with Crippen LogP contribution in [0.3, 0.4) is 0 Å². The number of amides is 1. The van der Waals surface area contributed by atoms with E-state index in [-0.39, 0.29) is 5.56 Å². The number of nitrogens with one attached hydrogen (secondary N) is 1. The van der Waals surface area contributed by atoms with E-state index in [4.69, 9.17) is 0 Å². The van der Waals surface area contributed by atoms with Crippen LogP contribution in [0.2, 0.25) is 0 Å². The van der Waals surface area contributed by atoms with Crippen molar-refractivity contribution in [2.75, 3.05) is 5.32 Å². The largest absolute Gasteiger partial charge is 0.744 e. The Morgan fingerprint density at radius 3 is 2.61 bits per heavy atom. The van der Waals surface area contributed by atoms with Gasteiger partial charge in [-0.15, -0.1) is 0 Å². The normalized spacial score (nSPS) is 11.6. The van der Waals surface area contributed by atoms with Crippen molar-refractivity contribution in [1.29, 1.82) is 0 Å². The van der Waals surface area contributed by atoms with E-state index in [9.17, 15) is 17.8 Å². The molecule has 1 heterocycles. The summed E-state index contributed by atoms with van der Waals surface area (Å²) in [7, 11) is -4.73. The van der Waals surface area contributed by atoms with Gasteiger partial charge < -0.3 is 4.55 Å². The Balaban J connectivity index is 1.97. The average molecular weight is 347 g/mol. The van der Waals surface area contributed by atoms with E-state index in [1.54, 1.807) is 0 Å². The van der Waals surface area contributed by atoms with E-state index >= 15 is 0 Å². The number of carbonyl (C=O) groups excluding carboxylic acids is 1. The Kier molecular flexibility index (Phi) is 3.88. The van der Waals surface area contributed by atoms with E-state index in [0.717, 1.165) is 21.8 Å². The van der Waals surface area contributed by atoms with Gasteiger partial charge in [0.1, 0.15) is 10.1 Å². The molecule has 0 atom stereocenters. The van der Waals surface area contributed by atoms with Crippen molar-refractivity contribution in [3.63, 3.8) is 0 Å². The summed E-state index contributed by atoms with van der Waals surface area (Å²) in [6.45, 7) is 1.91. The molecular formula is C15H11N2O4S2-. The molecule has 0 radical (unpaired) electrons. The number of thiazole rings is 1. The van der Waals surface area contributed by atoms with Crippen LogP contribution in [0.25, 0.3) is 10.2 Å². The summed E-state index contributed by atoms with van der Waals surface area (Å²) in [6.07, 6.45) is 0. The van der Waals surface area contributed by atoms with Crippen LogP contribution < -0.4 is 5.32 Å². The summed E-state index contributed by atoms with van der Waals surface area (Å²) in [5, 5.41) is 2.90. The molecule has 0 saturated heterocycles. The number of para-hydroxylation sites is 1. The first-order chi connectivity index (χ1) is 10.9. The highest BCUT2D eigenvalue weighted by Gasteiger charge is 2.17.